The Morgan fingerprint density at radius 3 is 2.57 bits per heavy atom. The summed E-state index contributed by atoms with van der Waals surface area (Å²) in [5, 5.41) is 4.01. The number of esters is 1. The largest absolute Gasteiger partial charge is 0.465 e. The molecule has 0 fully saturated rings. The molecule has 0 N–H and O–H groups in total. The average Bonchev–Trinajstić information content (AvgIpc) is 2.77. The molecule has 0 aliphatic heterocycles. The molecular formula is C22H17ClFN3O2S. The predicted octanol–water partition coefficient (Wildman–Crippen LogP) is 7.09. The van der Waals surface area contributed by atoms with Gasteiger partial charge in [-0.1, -0.05) is 65.2 Å². The average molecular weight is 442 g/mol. The van der Waals surface area contributed by atoms with Crippen LogP contribution in [0.25, 0.3) is 10.4 Å². The highest BCUT2D eigenvalue weighted by Gasteiger charge is 2.23. The van der Waals surface area contributed by atoms with E-state index in [1.54, 1.807) is 24.3 Å². The predicted molar refractivity (Wildman–Crippen MR) is 117 cm³/mol. The van der Waals surface area contributed by atoms with Gasteiger partial charge in [0.1, 0.15) is 5.82 Å². The van der Waals surface area contributed by atoms with E-state index in [9.17, 15) is 4.79 Å². The van der Waals surface area contributed by atoms with Gasteiger partial charge in [0.2, 0.25) is 0 Å². The molecular weight excluding hydrogens is 425 g/mol. The van der Waals surface area contributed by atoms with Crippen molar-refractivity contribution in [1.29, 1.82) is 0 Å². The van der Waals surface area contributed by atoms with Crippen molar-refractivity contribution < 1.29 is 13.9 Å². The van der Waals surface area contributed by atoms with Crippen LogP contribution in [0, 0.1) is 5.82 Å². The van der Waals surface area contributed by atoms with E-state index in [1.165, 1.54) is 24.9 Å². The van der Waals surface area contributed by atoms with Crippen molar-refractivity contribution in [3.05, 3.63) is 104 Å². The molecule has 0 atom stereocenters. The van der Waals surface area contributed by atoms with Crippen molar-refractivity contribution >= 4 is 35.0 Å². The Bertz CT molecular complexity index is 1120. The highest BCUT2D eigenvalue weighted by Crippen LogP contribution is 2.39. The molecule has 0 saturated carbocycles. The van der Waals surface area contributed by atoms with Crippen molar-refractivity contribution in [3.8, 4) is 0 Å². The van der Waals surface area contributed by atoms with Gasteiger partial charge < -0.3 is 4.74 Å². The number of hydrogen-bond donors (Lipinski definition) is 0. The van der Waals surface area contributed by atoms with E-state index < -0.39 is 11.8 Å². The van der Waals surface area contributed by atoms with Crippen LogP contribution >= 0.6 is 23.4 Å². The van der Waals surface area contributed by atoms with E-state index in [0.29, 0.717) is 21.2 Å². The molecule has 3 aromatic rings. The van der Waals surface area contributed by atoms with E-state index in [-0.39, 0.29) is 23.2 Å². The fraction of sp³-hybridized carbons (Fsp3) is 0.136. The second-order valence-electron chi connectivity index (χ2n) is 6.29. The van der Waals surface area contributed by atoms with Gasteiger partial charge in [0.25, 0.3) is 0 Å². The third-order valence-electron chi connectivity index (χ3n) is 4.42. The maximum atomic E-state index is 15.5. The third kappa shape index (κ3) is 4.94. The molecule has 0 spiro atoms. The van der Waals surface area contributed by atoms with Crippen molar-refractivity contribution in [3.63, 3.8) is 0 Å². The maximum absolute atomic E-state index is 15.5. The summed E-state index contributed by atoms with van der Waals surface area (Å²) in [5.74, 6) is -0.921. The van der Waals surface area contributed by atoms with Crippen molar-refractivity contribution in [1.82, 2.24) is 0 Å². The quantitative estimate of drug-likeness (QED) is 0.129. The number of nitrogens with zero attached hydrogens (tertiary/aromatic N) is 3. The molecule has 0 saturated heterocycles. The van der Waals surface area contributed by atoms with E-state index in [1.807, 2.05) is 30.3 Å². The highest BCUT2D eigenvalue weighted by molar-refractivity contribution is 7.98. The van der Waals surface area contributed by atoms with Crippen LogP contribution in [0.3, 0.4) is 0 Å². The zero-order chi connectivity index (χ0) is 21.5. The Morgan fingerprint density at radius 2 is 1.90 bits per heavy atom. The summed E-state index contributed by atoms with van der Waals surface area (Å²) in [5.41, 5.74) is 10.6. The van der Waals surface area contributed by atoms with Gasteiger partial charge in [-0.3, -0.25) is 0 Å². The molecule has 152 valence electrons. The molecule has 0 aliphatic rings. The van der Waals surface area contributed by atoms with Gasteiger partial charge in [0, 0.05) is 32.6 Å². The third-order valence-corrected chi connectivity index (χ3v) is 5.89. The molecule has 0 unspecified atom stereocenters. The van der Waals surface area contributed by atoms with Crippen LogP contribution in [0.4, 0.5) is 10.1 Å². The zero-order valence-electron chi connectivity index (χ0n) is 16.0. The number of halogens is 2. The molecule has 30 heavy (non-hydrogen) atoms. The SMILES string of the molecule is COC(=O)c1cc(SCc2ccccc2)c(N=[N+]=[N-])c(F)c1Cc1ccccc1Cl. The lowest BCUT2D eigenvalue weighted by atomic mass is 9.98. The molecule has 3 rings (SSSR count). The van der Waals surface area contributed by atoms with E-state index in [4.69, 9.17) is 21.9 Å². The van der Waals surface area contributed by atoms with Crippen LogP contribution in [-0.2, 0) is 16.9 Å². The first kappa shape index (κ1) is 21.7. The second kappa shape index (κ2) is 10.2. The summed E-state index contributed by atoms with van der Waals surface area (Å²) in [6, 6.07) is 18.0. The summed E-state index contributed by atoms with van der Waals surface area (Å²) in [6.07, 6.45) is 0.0491. The molecule has 0 aliphatic carbocycles. The second-order valence-corrected chi connectivity index (χ2v) is 7.71. The van der Waals surface area contributed by atoms with E-state index in [0.717, 1.165) is 5.56 Å². The first-order valence-electron chi connectivity index (χ1n) is 8.94. The van der Waals surface area contributed by atoms with Crippen LogP contribution in [0.5, 0.6) is 0 Å². The number of thioether (sulfide) groups is 1. The number of hydrogen-bond acceptors (Lipinski definition) is 4. The number of methoxy groups -OCH3 is 1. The van der Waals surface area contributed by atoms with Gasteiger partial charge >= 0.3 is 5.97 Å². The first-order chi connectivity index (χ1) is 14.5. The van der Waals surface area contributed by atoms with Crippen LogP contribution in [0.15, 0.2) is 70.7 Å². The fourth-order valence-electron chi connectivity index (χ4n) is 2.94. The highest BCUT2D eigenvalue weighted by atomic mass is 35.5. The number of rotatable bonds is 7. The van der Waals surface area contributed by atoms with Gasteiger partial charge in [-0.05, 0) is 28.8 Å². The van der Waals surface area contributed by atoms with Gasteiger partial charge in [-0.2, -0.15) is 0 Å². The molecule has 0 amide bonds. The number of carbonyl (C=O) groups excluding carboxylic acids is 1. The van der Waals surface area contributed by atoms with Gasteiger partial charge in [0.05, 0.1) is 18.4 Å². The van der Waals surface area contributed by atoms with Gasteiger partial charge in [-0.15, -0.1) is 11.8 Å². The molecule has 0 aromatic heterocycles. The van der Waals surface area contributed by atoms with Crippen molar-refractivity contribution in [2.45, 2.75) is 17.1 Å². The molecule has 0 radical (unpaired) electrons. The van der Waals surface area contributed by atoms with Crippen LogP contribution < -0.4 is 0 Å². The zero-order valence-corrected chi connectivity index (χ0v) is 17.6. The van der Waals surface area contributed by atoms with Crippen LogP contribution in [-0.4, -0.2) is 13.1 Å². The molecule has 5 nitrogen and oxygen atoms in total. The lowest BCUT2D eigenvalue weighted by molar-refractivity contribution is 0.0598. The van der Waals surface area contributed by atoms with E-state index >= 15 is 4.39 Å². The standard InChI is InChI=1S/C22H17ClFN3O2S/c1-29-22(28)17-12-19(30-13-14-7-3-2-4-8-14)21(26-27-25)20(24)16(17)11-15-9-5-6-10-18(15)23/h2-10,12H,11,13H2,1H3. The minimum absolute atomic E-state index is 0.0491. The Kier molecular flexibility index (Phi) is 7.36. The summed E-state index contributed by atoms with van der Waals surface area (Å²) < 4.78 is 20.4. The number of azide groups is 1. The van der Waals surface area contributed by atoms with Crippen LogP contribution in [0.2, 0.25) is 5.02 Å². The molecule has 3 aromatic carbocycles. The fourth-order valence-corrected chi connectivity index (χ4v) is 4.12. The van der Waals surface area contributed by atoms with Crippen LogP contribution in [0.1, 0.15) is 27.0 Å². The first-order valence-corrected chi connectivity index (χ1v) is 10.3. The Balaban J connectivity index is 2.09. The number of ether oxygens (including phenoxy) is 1. The molecule has 8 heteroatoms. The maximum Gasteiger partial charge on any atom is 0.338 e. The van der Waals surface area contributed by atoms with Crippen molar-refractivity contribution in [2.24, 2.45) is 5.11 Å². The summed E-state index contributed by atoms with van der Waals surface area (Å²) >= 11 is 7.49. The lowest BCUT2D eigenvalue weighted by Crippen LogP contribution is -2.09. The lowest BCUT2D eigenvalue weighted by Gasteiger charge is -2.15. The summed E-state index contributed by atoms with van der Waals surface area (Å²) in [7, 11) is 1.23. The molecule has 0 bridgehead atoms. The van der Waals surface area contributed by atoms with E-state index in [2.05, 4.69) is 10.0 Å². The minimum atomic E-state index is -0.758. The van der Waals surface area contributed by atoms with Crippen molar-refractivity contribution in [2.75, 3.05) is 7.11 Å². The monoisotopic (exact) mass is 441 g/mol. The summed E-state index contributed by atoms with van der Waals surface area (Å²) in [4.78, 5) is 15.6. The normalized spacial score (nSPS) is 10.4. The summed E-state index contributed by atoms with van der Waals surface area (Å²) in [6.45, 7) is 0. The minimum Gasteiger partial charge on any atom is -0.465 e. The smallest absolute Gasteiger partial charge is 0.338 e. The topological polar surface area (TPSA) is 75.1 Å². The number of carbonyl (C=O) groups is 1. The van der Waals surface area contributed by atoms with Gasteiger partial charge in [0.15, 0.2) is 0 Å². The van der Waals surface area contributed by atoms with Gasteiger partial charge in [-0.25, -0.2) is 9.18 Å². The molecule has 0 heterocycles. The number of benzene rings is 3. The Hall–Kier alpha value is -2.99. The Labute approximate surface area is 182 Å². The Morgan fingerprint density at radius 1 is 1.20 bits per heavy atom.